The summed E-state index contributed by atoms with van der Waals surface area (Å²) in [6.07, 6.45) is 0.827. The fraction of sp³-hybridized carbons (Fsp3) is 0.500. The van der Waals surface area contributed by atoms with Gasteiger partial charge in [0.2, 0.25) is 10.0 Å². The molecule has 1 aliphatic rings. The lowest BCUT2D eigenvalue weighted by atomic mass is 9.93. The Morgan fingerprint density at radius 2 is 1.75 bits per heavy atom. The van der Waals surface area contributed by atoms with Crippen molar-refractivity contribution < 1.29 is 18.3 Å². The van der Waals surface area contributed by atoms with E-state index in [0.717, 1.165) is 0 Å². The van der Waals surface area contributed by atoms with Crippen molar-refractivity contribution in [3.8, 4) is 0 Å². The van der Waals surface area contributed by atoms with Crippen LogP contribution >= 0.6 is 23.2 Å². The van der Waals surface area contributed by atoms with E-state index in [1.807, 2.05) is 0 Å². The average Bonchev–Trinajstić information content (AvgIpc) is 2.38. The van der Waals surface area contributed by atoms with E-state index >= 15 is 0 Å². The van der Waals surface area contributed by atoms with Crippen molar-refractivity contribution in [1.29, 1.82) is 0 Å². The molecule has 5 nitrogen and oxygen atoms in total. The molecule has 1 aromatic rings. The maximum atomic E-state index is 12.4. The van der Waals surface area contributed by atoms with Crippen molar-refractivity contribution in [2.45, 2.75) is 23.3 Å². The summed E-state index contributed by atoms with van der Waals surface area (Å²) < 4.78 is 32.5. The van der Waals surface area contributed by atoms with Gasteiger partial charge < -0.3 is 9.84 Å². The largest absolute Gasteiger partial charge is 0.394 e. The van der Waals surface area contributed by atoms with Crippen LogP contribution in [-0.2, 0) is 14.8 Å². The van der Waals surface area contributed by atoms with Gasteiger partial charge in [-0.1, -0.05) is 23.2 Å². The molecule has 0 spiro atoms. The van der Waals surface area contributed by atoms with Gasteiger partial charge in [-0.25, -0.2) is 13.1 Å². The molecule has 2 N–H and O–H groups in total. The molecule has 0 aliphatic carbocycles. The van der Waals surface area contributed by atoms with E-state index in [-0.39, 0.29) is 21.5 Å². The number of sulfonamides is 1. The Kier molecular flexibility index (Phi) is 4.94. The van der Waals surface area contributed by atoms with E-state index < -0.39 is 15.6 Å². The van der Waals surface area contributed by atoms with Crippen LogP contribution in [0, 0.1) is 0 Å². The minimum atomic E-state index is -3.81. The zero-order chi connectivity index (χ0) is 14.8. The maximum absolute atomic E-state index is 12.4. The highest BCUT2D eigenvalue weighted by molar-refractivity contribution is 7.89. The minimum Gasteiger partial charge on any atom is -0.394 e. The maximum Gasteiger partial charge on any atom is 0.241 e. The van der Waals surface area contributed by atoms with Crippen LogP contribution in [0.25, 0.3) is 0 Å². The zero-order valence-corrected chi connectivity index (χ0v) is 12.9. The van der Waals surface area contributed by atoms with E-state index in [2.05, 4.69) is 4.72 Å². The molecule has 8 heteroatoms. The number of halogens is 2. The second-order valence-corrected chi connectivity index (χ2v) is 7.32. The van der Waals surface area contributed by atoms with Gasteiger partial charge in [0.05, 0.1) is 17.0 Å². The van der Waals surface area contributed by atoms with Crippen molar-refractivity contribution >= 4 is 33.2 Å². The Bertz CT molecular complexity index is 565. The molecular formula is C12H15Cl2NO4S. The van der Waals surface area contributed by atoms with Gasteiger partial charge in [0.1, 0.15) is 0 Å². The molecule has 0 amide bonds. The Labute approximate surface area is 127 Å². The molecule has 112 valence electrons. The zero-order valence-electron chi connectivity index (χ0n) is 10.6. The van der Waals surface area contributed by atoms with E-state index in [1.165, 1.54) is 18.2 Å². The third kappa shape index (κ3) is 3.63. The van der Waals surface area contributed by atoms with Crippen LogP contribution in [0.3, 0.4) is 0 Å². The molecule has 1 aromatic carbocycles. The van der Waals surface area contributed by atoms with Gasteiger partial charge in [0.15, 0.2) is 0 Å². The Hall–Kier alpha value is -0.370. The molecule has 1 saturated heterocycles. The second-order valence-electron chi connectivity index (χ2n) is 4.76. The van der Waals surface area contributed by atoms with Crippen LogP contribution in [-0.4, -0.2) is 38.9 Å². The number of rotatable bonds is 4. The predicted molar refractivity (Wildman–Crippen MR) is 76.7 cm³/mol. The summed E-state index contributed by atoms with van der Waals surface area (Å²) in [4.78, 5) is -0.0192. The van der Waals surface area contributed by atoms with Crippen LogP contribution in [0.1, 0.15) is 12.8 Å². The van der Waals surface area contributed by atoms with Crippen LogP contribution < -0.4 is 4.72 Å². The lowest BCUT2D eigenvalue weighted by molar-refractivity contribution is 0.0223. The topological polar surface area (TPSA) is 75.6 Å². The standard InChI is InChI=1S/C12H15Cl2NO4S/c13-9-5-10(14)7-11(6-9)20(17,18)15-12(8-16)1-3-19-4-2-12/h5-7,15-16H,1-4,8H2. The summed E-state index contributed by atoms with van der Waals surface area (Å²) in [7, 11) is -3.81. The van der Waals surface area contributed by atoms with Gasteiger partial charge >= 0.3 is 0 Å². The number of nitrogens with one attached hydrogen (secondary N) is 1. The van der Waals surface area contributed by atoms with E-state index in [1.54, 1.807) is 0 Å². The first kappa shape index (κ1) is 16.0. The lowest BCUT2D eigenvalue weighted by Crippen LogP contribution is -2.54. The van der Waals surface area contributed by atoms with Crippen molar-refractivity contribution in [1.82, 2.24) is 4.72 Å². The van der Waals surface area contributed by atoms with Gasteiger partial charge in [-0.3, -0.25) is 0 Å². The summed E-state index contributed by atoms with van der Waals surface area (Å²) in [6, 6.07) is 4.10. The molecular weight excluding hydrogens is 325 g/mol. The average molecular weight is 340 g/mol. The van der Waals surface area contributed by atoms with Crippen molar-refractivity contribution in [3.63, 3.8) is 0 Å². The van der Waals surface area contributed by atoms with Gasteiger partial charge in [0.25, 0.3) is 0 Å². The molecule has 2 rings (SSSR count). The molecule has 0 saturated carbocycles. The van der Waals surface area contributed by atoms with Crippen molar-refractivity contribution in [3.05, 3.63) is 28.2 Å². The Morgan fingerprint density at radius 1 is 1.20 bits per heavy atom. The minimum absolute atomic E-state index is 0.0192. The molecule has 0 radical (unpaired) electrons. The van der Waals surface area contributed by atoms with Crippen LogP contribution in [0.4, 0.5) is 0 Å². The summed E-state index contributed by atoms with van der Waals surface area (Å²) in [5.74, 6) is 0. The van der Waals surface area contributed by atoms with Gasteiger partial charge in [-0.15, -0.1) is 0 Å². The highest BCUT2D eigenvalue weighted by Gasteiger charge is 2.36. The Morgan fingerprint density at radius 3 is 2.25 bits per heavy atom. The molecule has 0 bridgehead atoms. The molecule has 1 aliphatic heterocycles. The monoisotopic (exact) mass is 339 g/mol. The van der Waals surface area contributed by atoms with Crippen LogP contribution in [0.2, 0.25) is 10.0 Å². The molecule has 1 fully saturated rings. The number of hydrogen-bond donors (Lipinski definition) is 2. The lowest BCUT2D eigenvalue weighted by Gasteiger charge is -2.35. The first-order valence-corrected chi connectivity index (χ1v) is 8.29. The fourth-order valence-corrected chi connectivity index (χ4v) is 4.26. The summed E-state index contributed by atoms with van der Waals surface area (Å²) in [5, 5.41) is 10.0. The SMILES string of the molecule is O=S(=O)(NC1(CO)CCOCC1)c1cc(Cl)cc(Cl)c1. The van der Waals surface area contributed by atoms with E-state index in [0.29, 0.717) is 26.1 Å². The normalized spacial score (nSPS) is 18.9. The van der Waals surface area contributed by atoms with Crippen LogP contribution in [0.5, 0.6) is 0 Å². The number of ether oxygens (including phenoxy) is 1. The number of hydrogen-bond acceptors (Lipinski definition) is 4. The van der Waals surface area contributed by atoms with Gasteiger partial charge in [-0.2, -0.15) is 0 Å². The summed E-state index contributed by atoms with van der Waals surface area (Å²) >= 11 is 11.6. The molecule has 0 atom stereocenters. The highest BCUT2D eigenvalue weighted by atomic mass is 35.5. The fourth-order valence-electron chi connectivity index (χ4n) is 2.08. The second kappa shape index (κ2) is 6.17. The van der Waals surface area contributed by atoms with Gasteiger partial charge in [-0.05, 0) is 31.0 Å². The van der Waals surface area contributed by atoms with Crippen molar-refractivity contribution in [2.24, 2.45) is 0 Å². The molecule has 1 heterocycles. The summed E-state index contributed by atoms with van der Waals surface area (Å²) in [5.41, 5.74) is -0.897. The number of aliphatic hydroxyl groups excluding tert-OH is 1. The molecule has 0 unspecified atom stereocenters. The van der Waals surface area contributed by atoms with E-state index in [9.17, 15) is 13.5 Å². The van der Waals surface area contributed by atoms with E-state index in [4.69, 9.17) is 27.9 Å². The predicted octanol–water partition coefficient (Wildman–Crippen LogP) is 1.81. The van der Waals surface area contributed by atoms with Crippen molar-refractivity contribution in [2.75, 3.05) is 19.8 Å². The Balaban J connectivity index is 2.30. The number of benzene rings is 1. The summed E-state index contributed by atoms with van der Waals surface area (Å²) in [6.45, 7) is 0.517. The smallest absolute Gasteiger partial charge is 0.241 e. The highest BCUT2D eigenvalue weighted by Crippen LogP contribution is 2.26. The van der Waals surface area contributed by atoms with Crippen LogP contribution in [0.15, 0.2) is 23.1 Å². The number of aliphatic hydroxyl groups is 1. The van der Waals surface area contributed by atoms with Gasteiger partial charge in [0, 0.05) is 23.3 Å². The first-order chi connectivity index (χ1) is 9.37. The third-order valence-corrected chi connectivity index (χ3v) is 5.24. The molecule has 0 aromatic heterocycles. The third-order valence-electron chi connectivity index (χ3n) is 3.25. The quantitative estimate of drug-likeness (QED) is 0.877. The molecule has 20 heavy (non-hydrogen) atoms. The first-order valence-electron chi connectivity index (χ1n) is 6.06.